The number of likely N-dealkylation sites (tertiary alicyclic amines) is 1. The molecular formula is C37H43N5O6. The molecule has 48 heavy (non-hydrogen) atoms. The van der Waals surface area contributed by atoms with Gasteiger partial charge in [0.2, 0.25) is 5.91 Å². The average Bonchev–Trinajstić information content (AvgIpc) is 3.75. The summed E-state index contributed by atoms with van der Waals surface area (Å²) in [6.07, 6.45) is 2.17. The number of benzene rings is 3. The maximum atomic E-state index is 13.5. The molecule has 0 spiro atoms. The molecule has 252 valence electrons. The fourth-order valence-corrected chi connectivity index (χ4v) is 5.86. The highest BCUT2D eigenvalue weighted by molar-refractivity contribution is 5.99. The predicted molar refractivity (Wildman–Crippen MR) is 183 cm³/mol. The minimum Gasteiger partial charge on any atom is -0.453 e. The lowest BCUT2D eigenvalue weighted by Crippen LogP contribution is -2.51. The van der Waals surface area contributed by atoms with Gasteiger partial charge in [-0.15, -0.1) is 0 Å². The third kappa shape index (κ3) is 8.02. The van der Waals surface area contributed by atoms with Crippen LogP contribution in [0.5, 0.6) is 0 Å². The van der Waals surface area contributed by atoms with E-state index in [2.05, 4.69) is 44.9 Å². The first kappa shape index (κ1) is 34.2. The van der Waals surface area contributed by atoms with Gasteiger partial charge in [0.05, 0.1) is 31.6 Å². The number of H-pyrrole nitrogens is 1. The number of nitrogens with one attached hydrogen (secondary N) is 3. The van der Waals surface area contributed by atoms with Crippen molar-refractivity contribution in [1.29, 1.82) is 0 Å². The number of hydrogen-bond donors (Lipinski definition) is 3. The van der Waals surface area contributed by atoms with Gasteiger partial charge in [0.15, 0.2) is 5.78 Å². The molecule has 3 N–H and O–H groups in total. The Morgan fingerprint density at radius 3 is 2.23 bits per heavy atom. The Hall–Kier alpha value is -5.19. The van der Waals surface area contributed by atoms with Crippen molar-refractivity contribution in [2.75, 3.05) is 20.2 Å². The molecule has 11 nitrogen and oxygen atoms in total. The predicted octanol–water partition coefficient (Wildman–Crippen LogP) is 6.65. The van der Waals surface area contributed by atoms with E-state index in [-0.39, 0.29) is 30.2 Å². The van der Waals surface area contributed by atoms with Crippen LogP contribution in [-0.4, -0.2) is 70.6 Å². The summed E-state index contributed by atoms with van der Waals surface area (Å²) in [6.45, 7) is 9.54. The van der Waals surface area contributed by atoms with Crippen molar-refractivity contribution in [3.05, 3.63) is 78.2 Å². The van der Waals surface area contributed by atoms with Crippen LogP contribution in [-0.2, 0) is 14.3 Å². The number of ether oxygens (including phenoxy) is 2. The first-order valence-electron chi connectivity index (χ1n) is 16.2. The van der Waals surface area contributed by atoms with Gasteiger partial charge >= 0.3 is 12.2 Å². The number of hydrogen-bond acceptors (Lipinski definition) is 7. The Morgan fingerprint density at radius 2 is 1.58 bits per heavy atom. The number of aromatic nitrogens is 2. The lowest BCUT2D eigenvalue weighted by atomic mass is 9.98. The van der Waals surface area contributed by atoms with Crippen molar-refractivity contribution in [1.82, 2.24) is 25.5 Å². The molecule has 3 aromatic carbocycles. The van der Waals surface area contributed by atoms with Crippen molar-refractivity contribution >= 4 is 34.6 Å². The summed E-state index contributed by atoms with van der Waals surface area (Å²) < 4.78 is 9.93. The van der Waals surface area contributed by atoms with E-state index in [1.54, 1.807) is 44.0 Å². The zero-order chi connectivity index (χ0) is 34.6. The van der Waals surface area contributed by atoms with E-state index in [0.29, 0.717) is 12.1 Å². The highest BCUT2D eigenvalue weighted by Crippen LogP contribution is 2.34. The van der Waals surface area contributed by atoms with E-state index in [4.69, 9.17) is 9.47 Å². The molecule has 0 bridgehead atoms. The van der Waals surface area contributed by atoms with Crippen LogP contribution in [0.15, 0.2) is 66.9 Å². The summed E-state index contributed by atoms with van der Waals surface area (Å²) in [5, 5.41) is 7.31. The second-order valence-electron chi connectivity index (χ2n) is 13.4. The third-order valence-electron chi connectivity index (χ3n) is 8.32. The Balaban J connectivity index is 1.26. The number of nitrogens with zero attached hydrogens (tertiary/aromatic N) is 2. The zero-order valence-electron chi connectivity index (χ0n) is 28.3. The molecule has 1 saturated heterocycles. The second kappa shape index (κ2) is 14.3. The van der Waals surface area contributed by atoms with Crippen LogP contribution in [0.4, 0.5) is 9.59 Å². The molecule has 1 aromatic heterocycles. The molecular weight excluding hydrogens is 610 g/mol. The lowest BCUT2D eigenvalue weighted by molar-refractivity contribution is -0.135. The number of methoxy groups -OCH3 is 1. The van der Waals surface area contributed by atoms with E-state index in [1.807, 2.05) is 38.1 Å². The molecule has 2 heterocycles. The van der Waals surface area contributed by atoms with Crippen molar-refractivity contribution in [2.24, 2.45) is 5.92 Å². The minimum absolute atomic E-state index is 0.105. The molecule has 1 aliphatic heterocycles. The van der Waals surface area contributed by atoms with Crippen LogP contribution in [0.3, 0.4) is 0 Å². The number of imidazole rings is 1. The van der Waals surface area contributed by atoms with Crippen LogP contribution in [0.25, 0.3) is 33.2 Å². The quantitative estimate of drug-likeness (QED) is 0.172. The summed E-state index contributed by atoms with van der Waals surface area (Å²) in [5.74, 6) is 0.262. The largest absolute Gasteiger partial charge is 0.453 e. The summed E-state index contributed by atoms with van der Waals surface area (Å²) >= 11 is 0. The Morgan fingerprint density at radius 1 is 0.938 bits per heavy atom. The summed E-state index contributed by atoms with van der Waals surface area (Å²) in [4.78, 5) is 59.8. The van der Waals surface area contributed by atoms with Crippen LogP contribution in [0, 0.1) is 5.92 Å². The van der Waals surface area contributed by atoms with Gasteiger partial charge in [0, 0.05) is 17.7 Å². The smallest absolute Gasteiger partial charge is 0.408 e. The van der Waals surface area contributed by atoms with Gasteiger partial charge in [-0.05, 0) is 73.6 Å². The number of carbonyl (C=O) groups excluding carboxylic acids is 4. The highest BCUT2D eigenvalue weighted by Gasteiger charge is 2.37. The molecule has 3 amide bonds. The van der Waals surface area contributed by atoms with E-state index in [1.165, 1.54) is 7.11 Å². The maximum absolute atomic E-state index is 13.5. The van der Waals surface area contributed by atoms with Gasteiger partial charge < -0.3 is 30.0 Å². The van der Waals surface area contributed by atoms with Gasteiger partial charge in [-0.1, -0.05) is 62.4 Å². The maximum Gasteiger partial charge on any atom is 0.408 e. The Labute approximate surface area is 280 Å². The monoisotopic (exact) mass is 653 g/mol. The molecule has 0 radical (unpaired) electrons. The topological polar surface area (TPSA) is 143 Å². The Bertz CT molecular complexity index is 1810. The van der Waals surface area contributed by atoms with Gasteiger partial charge in [-0.2, -0.15) is 0 Å². The molecule has 0 aliphatic carbocycles. The summed E-state index contributed by atoms with van der Waals surface area (Å²) in [7, 11) is 1.28. The molecule has 4 aromatic rings. The minimum atomic E-state index is -0.689. The van der Waals surface area contributed by atoms with Crippen molar-refractivity contribution in [2.45, 2.75) is 65.1 Å². The van der Waals surface area contributed by atoms with Crippen molar-refractivity contribution in [3.63, 3.8) is 0 Å². The molecule has 2 atom stereocenters. The summed E-state index contributed by atoms with van der Waals surface area (Å²) in [6, 6.07) is 18.8. The number of alkyl carbamates (subject to hydrolysis) is 2. The molecule has 1 fully saturated rings. The average molecular weight is 654 g/mol. The second-order valence-corrected chi connectivity index (χ2v) is 13.4. The van der Waals surface area contributed by atoms with Gasteiger partial charge in [-0.25, -0.2) is 14.6 Å². The van der Waals surface area contributed by atoms with Crippen LogP contribution in [0.2, 0.25) is 0 Å². The molecule has 11 heteroatoms. The SMILES string of the molecule is COC(=O)NC(C(=O)N1CCCC1c1ncc(-c2ccc3cc(-c4ccc(C(=O)CNC(=O)OC(C)(C)C)cc4)ccc3c2)[nH]1)C(C)C. The first-order valence-corrected chi connectivity index (χ1v) is 16.2. The zero-order valence-corrected chi connectivity index (χ0v) is 28.3. The van der Waals surface area contributed by atoms with Crippen LogP contribution >= 0.6 is 0 Å². The molecule has 5 rings (SSSR count). The van der Waals surface area contributed by atoms with Gasteiger partial charge in [0.1, 0.15) is 17.5 Å². The van der Waals surface area contributed by atoms with Crippen molar-refractivity contribution < 1.29 is 28.7 Å². The number of aromatic amines is 1. The standard InChI is InChI=1S/C37H43N5O6/c1-22(2)32(41-36(46)47-6)34(44)42-17-7-8-30(42)33-38-20-29(40-33)28-16-15-26-18-25(13-14-27(26)19-28)23-9-11-24(12-10-23)31(43)21-39-35(45)48-37(3,4)5/h9-16,18-20,22,30,32H,7-8,17,21H2,1-6H3,(H,38,40)(H,39,45)(H,41,46). The van der Waals surface area contributed by atoms with Gasteiger partial charge in [0.25, 0.3) is 0 Å². The van der Waals surface area contributed by atoms with E-state index in [0.717, 1.165) is 51.8 Å². The Kier molecular flexibility index (Phi) is 10.2. The molecule has 2 unspecified atom stereocenters. The van der Waals surface area contributed by atoms with Crippen LogP contribution < -0.4 is 10.6 Å². The number of fused-ring (bicyclic) bond motifs is 1. The highest BCUT2D eigenvalue weighted by atomic mass is 16.6. The number of Topliss-reactive ketones (excluding diaryl/α,β-unsaturated/α-hetero) is 1. The van der Waals surface area contributed by atoms with E-state index < -0.39 is 23.8 Å². The summed E-state index contributed by atoms with van der Waals surface area (Å²) in [5.41, 5.74) is 3.67. The fraction of sp³-hybridized carbons (Fsp3) is 0.378. The fourth-order valence-electron chi connectivity index (χ4n) is 5.86. The number of carbonyl (C=O) groups is 4. The normalized spacial score (nSPS) is 15.3. The number of amides is 3. The van der Waals surface area contributed by atoms with Gasteiger partial charge in [-0.3, -0.25) is 9.59 Å². The van der Waals surface area contributed by atoms with Crippen molar-refractivity contribution in [3.8, 4) is 22.4 Å². The molecule has 1 aliphatic rings. The first-order chi connectivity index (χ1) is 22.8. The van der Waals surface area contributed by atoms with E-state index in [9.17, 15) is 19.2 Å². The molecule has 0 saturated carbocycles. The third-order valence-corrected chi connectivity index (χ3v) is 8.32. The number of rotatable bonds is 9. The van der Waals surface area contributed by atoms with Crippen LogP contribution in [0.1, 0.15) is 69.7 Å². The van der Waals surface area contributed by atoms with E-state index >= 15 is 0 Å². The number of ketones is 1. The lowest BCUT2D eigenvalue weighted by Gasteiger charge is -2.30.